The summed E-state index contributed by atoms with van der Waals surface area (Å²) in [6.45, 7) is 12.7. The Balaban J connectivity index is 1.59. The van der Waals surface area contributed by atoms with Crippen LogP contribution in [0.5, 0.6) is 11.6 Å². The molecule has 5 rings (SSSR count). The van der Waals surface area contributed by atoms with E-state index >= 15 is 0 Å². The van der Waals surface area contributed by atoms with Crippen LogP contribution in [0.15, 0.2) is 90.1 Å². The van der Waals surface area contributed by atoms with Gasteiger partial charge in [-0.25, -0.2) is 4.98 Å². The van der Waals surface area contributed by atoms with Gasteiger partial charge in [-0.1, -0.05) is 51.1 Å². The molecule has 0 aliphatic carbocycles. The molecule has 0 saturated carbocycles. The van der Waals surface area contributed by atoms with Crippen molar-refractivity contribution in [2.75, 3.05) is 7.11 Å². The van der Waals surface area contributed by atoms with Crippen molar-refractivity contribution in [3.63, 3.8) is 0 Å². The van der Waals surface area contributed by atoms with Crippen molar-refractivity contribution in [2.45, 2.75) is 70.3 Å². The first-order valence-corrected chi connectivity index (χ1v) is 15.9. The van der Waals surface area contributed by atoms with E-state index in [-0.39, 0.29) is 10.9 Å². The monoisotopic (exact) mass is 623 g/mol. The van der Waals surface area contributed by atoms with Crippen molar-refractivity contribution in [3.05, 3.63) is 102 Å². The number of aliphatic carboxylic acids is 1. The van der Waals surface area contributed by atoms with Crippen LogP contribution >= 0.6 is 11.8 Å². The number of nitrogens with zero attached hydrogens (tertiary/aromatic N) is 3. The Bertz CT molecular complexity index is 1770. The van der Waals surface area contributed by atoms with Crippen molar-refractivity contribution < 1.29 is 19.4 Å². The van der Waals surface area contributed by atoms with Gasteiger partial charge in [-0.15, -0.1) is 11.8 Å². The van der Waals surface area contributed by atoms with Crippen LogP contribution in [0.3, 0.4) is 0 Å². The Labute approximate surface area is 269 Å². The predicted molar refractivity (Wildman–Crippen MR) is 181 cm³/mol. The standard InChI is InChI=1S/C37H41N3O4S/c1-24(30-10-8-9-19-38-30)44-28-16-17-31-29(20-28)34(45-36(2,3)4)32(21-37(5,6)35(41)42)40(31)23-25-11-13-26(14-12-25)27-15-18-33(43-7)39-22-27/h8-20,22,24H,21,23H2,1-7H3,(H,41,42)/t24-/m0/s1. The summed E-state index contributed by atoms with van der Waals surface area (Å²) >= 11 is 1.77. The number of methoxy groups -OCH3 is 1. The smallest absolute Gasteiger partial charge is 0.309 e. The summed E-state index contributed by atoms with van der Waals surface area (Å²) < 4.78 is 13.8. The molecule has 2 aromatic carbocycles. The molecule has 0 bridgehead atoms. The molecular weight excluding hydrogens is 582 g/mol. The van der Waals surface area contributed by atoms with Gasteiger partial charge < -0.3 is 19.1 Å². The predicted octanol–water partition coefficient (Wildman–Crippen LogP) is 8.84. The Hall–Kier alpha value is -4.30. The van der Waals surface area contributed by atoms with Crippen LogP contribution in [-0.4, -0.2) is 37.5 Å². The number of fused-ring (bicyclic) bond motifs is 1. The summed E-state index contributed by atoms with van der Waals surface area (Å²) in [5, 5.41) is 11.2. The number of carbonyl (C=O) groups is 1. The van der Waals surface area contributed by atoms with Gasteiger partial charge in [0.25, 0.3) is 0 Å². The third-order valence-electron chi connectivity index (χ3n) is 7.68. The van der Waals surface area contributed by atoms with E-state index in [0.29, 0.717) is 18.8 Å². The van der Waals surface area contributed by atoms with Gasteiger partial charge in [0, 0.05) is 63.2 Å². The van der Waals surface area contributed by atoms with Crippen LogP contribution in [0.2, 0.25) is 0 Å². The molecule has 0 fully saturated rings. The lowest BCUT2D eigenvalue weighted by Crippen LogP contribution is -2.28. The maximum Gasteiger partial charge on any atom is 0.309 e. The molecule has 0 saturated heterocycles. The van der Waals surface area contributed by atoms with Crippen LogP contribution < -0.4 is 9.47 Å². The molecule has 0 radical (unpaired) electrons. The number of rotatable bonds is 11. The maximum absolute atomic E-state index is 12.4. The summed E-state index contributed by atoms with van der Waals surface area (Å²) in [5.41, 5.74) is 5.13. The minimum absolute atomic E-state index is 0.104. The molecule has 1 atom stereocenters. The quantitative estimate of drug-likeness (QED) is 0.147. The second-order valence-electron chi connectivity index (χ2n) is 12.9. The lowest BCUT2D eigenvalue weighted by Gasteiger charge is -2.24. The normalized spacial score (nSPS) is 12.7. The summed E-state index contributed by atoms with van der Waals surface area (Å²) in [6.07, 6.45) is 3.73. The van der Waals surface area contributed by atoms with Gasteiger partial charge in [-0.05, 0) is 68.3 Å². The summed E-state index contributed by atoms with van der Waals surface area (Å²) in [5.74, 6) is 0.502. The van der Waals surface area contributed by atoms with Crippen molar-refractivity contribution in [2.24, 2.45) is 5.41 Å². The average molecular weight is 624 g/mol. The van der Waals surface area contributed by atoms with E-state index in [1.54, 1.807) is 38.9 Å². The zero-order chi connectivity index (χ0) is 32.4. The number of pyridine rings is 2. The number of carboxylic acid groups (broad SMARTS) is 1. The highest BCUT2D eigenvalue weighted by Gasteiger charge is 2.33. The van der Waals surface area contributed by atoms with Gasteiger partial charge in [-0.2, -0.15) is 0 Å². The first-order chi connectivity index (χ1) is 21.3. The molecule has 0 aliphatic rings. The molecule has 5 aromatic rings. The second-order valence-corrected chi connectivity index (χ2v) is 14.8. The fourth-order valence-electron chi connectivity index (χ4n) is 5.24. The fourth-order valence-corrected chi connectivity index (χ4v) is 6.42. The molecule has 0 unspecified atom stereocenters. The van der Waals surface area contributed by atoms with Crippen LogP contribution in [-0.2, 0) is 17.8 Å². The summed E-state index contributed by atoms with van der Waals surface area (Å²) in [6, 6.07) is 24.3. The highest BCUT2D eigenvalue weighted by molar-refractivity contribution is 8.00. The Morgan fingerprint density at radius 2 is 1.69 bits per heavy atom. The molecular formula is C37H41N3O4S. The molecule has 0 spiro atoms. The van der Waals surface area contributed by atoms with Crippen LogP contribution in [0.25, 0.3) is 22.0 Å². The molecule has 8 heteroatoms. The highest BCUT2D eigenvalue weighted by atomic mass is 32.2. The van der Waals surface area contributed by atoms with Crippen LogP contribution in [0, 0.1) is 5.41 Å². The van der Waals surface area contributed by atoms with Crippen molar-refractivity contribution >= 4 is 28.6 Å². The first kappa shape index (κ1) is 32.1. The van der Waals surface area contributed by atoms with Gasteiger partial charge in [0.05, 0.1) is 18.2 Å². The van der Waals surface area contributed by atoms with Gasteiger partial charge in [0.2, 0.25) is 5.88 Å². The van der Waals surface area contributed by atoms with Crippen LogP contribution in [0.1, 0.15) is 64.6 Å². The third-order valence-corrected chi connectivity index (χ3v) is 8.95. The fraction of sp³-hybridized carbons (Fsp3) is 0.324. The van der Waals surface area contributed by atoms with E-state index in [9.17, 15) is 9.90 Å². The third kappa shape index (κ3) is 7.51. The minimum Gasteiger partial charge on any atom is -0.484 e. The van der Waals surface area contributed by atoms with Gasteiger partial charge in [0.15, 0.2) is 0 Å². The first-order valence-electron chi connectivity index (χ1n) is 15.1. The Kier molecular flexibility index (Phi) is 9.26. The largest absolute Gasteiger partial charge is 0.484 e. The SMILES string of the molecule is COc1ccc(-c2ccc(Cn3c(CC(C)(C)C(=O)O)c(SC(C)(C)C)c4cc(O[C@@H](C)c5ccccn5)ccc43)cc2)cn1. The minimum atomic E-state index is -0.961. The zero-order valence-corrected chi connectivity index (χ0v) is 27.8. The van der Waals surface area contributed by atoms with E-state index < -0.39 is 11.4 Å². The molecule has 3 aromatic heterocycles. The van der Waals surface area contributed by atoms with E-state index in [0.717, 1.165) is 49.6 Å². The molecule has 0 aliphatic heterocycles. The van der Waals surface area contributed by atoms with E-state index in [1.165, 1.54) is 0 Å². The molecule has 3 heterocycles. The summed E-state index contributed by atoms with van der Waals surface area (Å²) in [7, 11) is 1.61. The average Bonchev–Trinajstić information content (AvgIpc) is 3.27. The number of aromatic nitrogens is 3. The topological polar surface area (TPSA) is 86.5 Å². The van der Waals surface area contributed by atoms with Crippen molar-refractivity contribution in [1.29, 1.82) is 0 Å². The highest BCUT2D eigenvalue weighted by Crippen LogP contribution is 2.44. The zero-order valence-electron chi connectivity index (χ0n) is 27.0. The molecule has 45 heavy (non-hydrogen) atoms. The Morgan fingerprint density at radius 1 is 0.956 bits per heavy atom. The number of thioether (sulfide) groups is 1. The Morgan fingerprint density at radius 3 is 2.29 bits per heavy atom. The van der Waals surface area contributed by atoms with Gasteiger partial charge in [-0.3, -0.25) is 9.78 Å². The van der Waals surface area contributed by atoms with E-state index in [2.05, 4.69) is 71.7 Å². The number of hydrogen-bond donors (Lipinski definition) is 1. The molecule has 234 valence electrons. The van der Waals surface area contributed by atoms with Gasteiger partial charge in [0.1, 0.15) is 11.9 Å². The van der Waals surface area contributed by atoms with Crippen molar-refractivity contribution in [1.82, 2.24) is 14.5 Å². The second kappa shape index (κ2) is 13.0. The van der Waals surface area contributed by atoms with E-state index in [1.807, 2.05) is 49.5 Å². The van der Waals surface area contributed by atoms with Crippen molar-refractivity contribution in [3.8, 4) is 22.8 Å². The number of carboxylic acids is 1. The molecule has 7 nitrogen and oxygen atoms in total. The number of hydrogen-bond acceptors (Lipinski definition) is 6. The number of ether oxygens (including phenoxy) is 2. The number of benzene rings is 2. The lowest BCUT2D eigenvalue weighted by molar-refractivity contribution is -0.146. The lowest BCUT2D eigenvalue weighted by atomic mass is 9.88. The maximum atomic E-state index is 12.4. The molecule has 1 N–H and O–H groups in total. The van der Waals surface area contributed by atoms with Gasteiger partial charge >= 0.3 is 5.97 Å². The summed E-state index contributed by atoms with van der Waals surface area (Å²) in [4.78, 5) is 22.3. The molecule has 0 amide bonds. The van der Waals surface area contributed by atoms with Crippen LogP contribution in [0.4, 0.5) is 0 Å². The van der Waals surface area contributed by atoms with E-state index in [4.69, 9.17) is 9.47 Å².